The summed E-state index contributed by atoms with van der Waals surface area (Å²) in [6, 6.07) is 12.3. The van der Waals surface area contributed by atoms with Crippen molar-refractivity contribution in [3.8, 4) is 6.07 Å². The van der Waals surface area contributed by atoms with Crippen molar-refractivity contribution in [3.63, 3.8) is 0 Å². The molecule has 0 spiro atoms. The molecule has 0 atom stereocenters. The molecule has 8 heteroatoms. The standard InChI is InChI=1S/C21H21N5O3/c1-21(2,9-19(27)28)11-26-12-24-17-7-6-13(8-14(17)20(26)29)25-18-5-3-4-16(23)15(18)10-22/h3-8,12,25H,9,11,23H2,1-2H3,(H,27,28). The van der Waals surface area contributed by atoms with Gasteiger partial charge in [-0.25, -0.2) is 4.98 Å². The topological polar surface area (TPSA) is 134 Å². The molecule has 8 nitrogen and oxygen atoms in total. The number of carbonyl (C=O) groups is 1. The van der Waals surface area contributed by atoms with Gasteiger partial charge in [-0.05, 0) is 35.7 Å². The maximum Gasteiger partial charge on any atom is 0.303 e. The van der Waals surface area contributed by atoms with E-state index in [1.807, 2.05) is 0 Å². The number of benzene rings is 2. The number of carboxylic acids is 1. The summed E-state index contributed by atoms with van der Waals surface area (Å²) < 4.78 is 1.43. The van der Waals surface area contributed by atoms with Gasteiger partial charge in [0.25, 0.3) is 5.56 Å². The van der Waals surface area contributed by atoms with Gasteiger partial charge in [-0.3, -0.25) is 14.2 Å². The summed E-state index contributed by atoms with van der Waals surface area (Å²) >= 11 is 0. The molecule has 1 heterocycles. The molecule has 0 saturated heterocycles. The van der Waals surface area contributed by atoms with Gasteiger partial charge in [0.05, 0.1) is 40.6 Å². The fourth-order valence-electron chi connectivity index (χ4n) is 3.23. The molecule has 0 aliphatic carbocycles. The number of nitrogens with two attached hydrogens (primary N) is 1. The summed E-state index contributed by atoms with van der Waals surface area (Å²) in [7, 11) is 0. The largest absolute Gasteiger partial charge is 0.481 e. The second kappa shape index (κ2) is 7.64. The Morgan fingerprint density at radius 3 is 2.79 bits per heavy atom. The highest BCUT2D eigenvalue weighted by Crippen LogP contribution is 2.26. The average molecular weight is 391 g/mol. The summed E-state index contributed by atoms with van der Waals surface area (Å²) in [6.45, 7) is 3.81. The van der Waals surface area contributed by atoms with Crippen LogP contribution in [0.4, 0.5) is 17.1 Å². The van der Waals surface area contributed by atoms with Crippen molar-refractivity contribution < 1.29 is 9.90 Å². The number of hydrogen-bond acceptors (Lipinski definition) is 6. The lowest BCUT2D eigenvalue weighted by Crippen LogP contribution is -2.30. The highest BCUT2D eigenvalue weighted by molar-refractivity contribution is 5.83. The van der Waals surface area contributed by atoms with Crippen molar-refractivity contribution in [3.05, 3.63) is 58.6 Å². The molecular formula is C21H21N5O3. The summed E-state index contributed by atoms with van der Waals surface area (Å²) in [4.78, 5) is 28.3. The van der Waals surface area contributed by atoms with Gasteiger partial charge in [-0.15, -0.1) is 0 Å². The quantitative estimate of drug-likeness (QED) is 0.550. The summed E-state index contributed by atoms with van der Waals surface area (Å²) in [5, 5.41) is 21.9. The average Bonchev–Trinajstić information content (AvgIpc) is 2.63. The van der Waals surface area contributed by atoms with E-state index in [1.165, 1.54) is 10.9 Å². The zero-order chi connectivity index (χ0) is 21.2. The Morgan fingerprint density at radius 2 is 2.10 bits per heavy atom. The second-order valence-electron chi connectivity index (χ2n) is 7.65. The van der Waals surface area contributed by atoms with E-state index in [1.54, 1.807) is 50.2 Å². The zero-order valence-electron chi connectivity index (χ0n) is 16.1. The van der Waals surface area contributed by atoms with Crippen LogP contribution in [0, 0.1) is 16.7 Å². The van der Waals surface area contributed by atoms with Crippen LogP contribution < -0.4 is 16.6 Å². The Labute approximate surface area is 167 Å². The molecule has 3 rings (SSSR count). The molecule has 2 aromatic carbocycles. The highest BCUT2D eigenvalue weighted by atomic mass is 16.4. The van der Waals surface area contributed by atoms with Crippen LogP contribution in [-0.2, 0) is 11.3 Å². The first-order chi connectivity index (χ1) is 13.7. The number of nitrogens with zero attached hydrogens (tertiary/aromatic N) is 3. The van der Waals surface area contributed by atoms with Gasteiger partial charge < -0.3 is 16.2 Å². The van der Waals surface area contributed by atoms with Gasteiger partial charge >= 0.3 is 5.97 Å². The number of nitriles is 1. The van der Waals surface area contributed by atoms with Crippen LogP contribution in [0.3, 0.4) is 0 Å². The van der Waals surface area contributed by atoms with Gasteiger partial charge in [0, 0.05) is 12.2 Å². The number of carboxylic acid groups (broad SMARTS) is 1. The molecule has 29 heavy (non-hydrogen) atoms. The van der Waals surface area contributed by atoms with Crippen molar-refractivity contribution in [1.29, 1.82) is 5.26 Å². The normalized spacial score (nSPS) is 11.2. The van der Waals surface area contributed by atoms with Crippen molar-refractivity contribution >= 4 is 33.9 Å². The van der Waals surface area contributed by atoms with Gasteiger partial charge in [0.1, 0.15) is 6.07 Å². The monoisotopic (exact) mass is 391 g/mol. The first-order valence-electron chi connectivity index (χ1n) is 8.97. The molecule has 0 bridgehead atoms. The first kappa shape index (κ1) is 19.9. The summed E-state index contributed by atoms with van der Waals surface area (Å²) in [5.74, 6) is -0.918. The Hall–Kier alpha value is -3.86. The Morgan fingerprint density at radius 1 is 1.34 bits per heavy atom. The van der Waals surface area contributed by atoms with Crippen LogP contribution in [0.25, 0.3) is 10.9 Å². The minimum Gasteiger partial charge on any atom is -0.481 e. The van der Waals surface area contributed by atoms with Crippen molar-refractivity contribution in [2.24, 2.45) is 5.41 Å². The maximum absolute atomic E-state index is 12.9. The third-order valence-corrected chi connectivity index (χ3v) is 4.54. The summed E-state index contributed by atoms with van der Waals surface area (Å²) in [5.41, 5.74) is 7.35. The van der Waals surface area contributed by atoms with Crippen molar-refractivity contribution in [2.75, 3.05) is 11.1 Å². The lowest BCUT2D eigenvalue weighted by Gasteiger charge is -2.23. The maximum atomic E-state index is 12.9. The van der Waals surface area contributed by atoms with E-state index in [0.717, 1.165) is 0 Å². The molecule has 148 valence electrons. The molecule has 0 fully saturated rings. The van der Waals surface area contributed by atoms with Crippen LogP contribution in [0.2, 0.25) is 0 Å². The number of hydrogen-bond donors (Lipinski definition) is 3. The van der Waals surface area contributed by atoms with Crippen LogP contribution >= 0.6 is 0 Å². The van der Waals surface area contributed by atoms with Crippen molar-refractivity contribution in [1.82, 2.24) is 9.55 Å². The second-order valence-corrected chi connectivity index (χ2v) is 7.65. The van der Waals surface area contributed by atoms with Gasteiger partial charge in [-0.2, -0.15) is 5.26 Å². The van der Waals surface area contributed by atoms with Crippen molar-refractivity contribution in [2.45, 2.75) is 26.8 Å². The Kier molecular flexibility index (Phi) is 5.24. The van der Waals surface area contributed by atoms with E-state index in [0.29, 0.717) is 33.5 Å². The third-order valence-electron chi connectivity index (χ3n) is 4.54. The molecule has 1 aromatic heterocycles. The third kappa shape index (κ3) is 4.35. The van der Waals surface area contributed by atoms with Gasteiger partial charge in [0.15, 0.2) is 0 Å². The first-order valence-corrected chi connectivity index (χ1v) is 8.97. The number of fused-ring (bicyclic) bond motifs is 1. The predicted octanol–water partition coefficient (Wildman–Crippen LogP) is 3.09. The molecular weight excluding hydrogens is 370 g/mol. The summed E-state index contributed by atoms with van der Waals surface area (Å²) in [6.07, 6.45) is 1.37. The number of nitrogens with one attached hydrogen (secondary N) is 1. The van der Waals surface area contributed by atoms with Crippen LogP contribution in [0.15, 0.2) is 47.5 Å². The van der Waals surface area contributed by atoms with Gasteiger partial charge in [-0.1, -0.05) is 19.9 Å². The van der Waals surface area contributed by atoms with Gasteiger partial charge in [0.2, 0.25) is 0 Å². The lowest BCUT2D eigenvalue weighted by molar-refractivity contribution is -0.139. The fraction of sp³-hybridized carbons (Fsp3) is 0.238. The molecule has 4 N–H and O–H groups in total. The van der Waals surface area contributed by atoms with Crippen LogP contribution in [0.5, 0.6) is 0 Å². The molecule has 0 saturated carbocycles. The van der Waals surface area contributed by atoms with E-state index in [9.17, 15) is 14.9 Å². The minimum atomic E-state index is -0.918. The van der Waals surface area contributed by atoms with Crippen LogP contribution in [-0.4, -0.2) is 20.6 Å². The number of nitrogen functional groups attached to an aromatic ring is 1. The Balaban J connectivity index is 1.99. The van der Waals surface area contributed by atoms with E-state index < -0.39 is 11.4 Å². The van der Waals surface area contributed by atoms with Crippen LogP contribution in [0.1, 0.15) is 25.8 Å². The molecule has 0 aliphatic heterocycles. The SMILES string of the molecule is CC(C)(CC(=O)O)Cn1cnc2ccc(Nc3cccc(N)c3C#N)cc2c1=O. The number of anilines is 3. The fourth-order valence-corrected chi connectivity index (χ4v) is 3.23. The zero-order valence-corrected chi connectivity index (χ0v) is 16.1. The molecule has 3 aromatic rings. The predicted molar refractivity (Wildman–Crippen MR) is 111 cm³/mol. The number of rotatable bonds is 6. The number of aliphatic carboxylic acids is 1. The molecule has 0 aliphatic rings. The van der Waals surface area contributed by atoms with E-state index in [-0.39, 0.29) is 18.5 Å². The van der Waals surface area contributed by atoms with E-state index in [2.05, 4.69) is 16.4 Å². The number of aromatic nitrogens is 2. The minimum absolute atomic E-state index is 0.0640. The molecule has 0 radical (unpaired) electrons. The molecule has 0 amide bonds. The smallest absolute Gasteiger partial charge is 0.303 e. The highest BCUT2D eigenvalue weighted by Gasteiger charge is 2.23. The lowest BCUT2D eigenvalue weighted by atomic mass is 9.89. The van der Waals surface area contributed by atoms with E-state index in [4.69, 9.17) is 10.8 Å². The van der Waals surface area contributed by atoms with E-state index >= 15 is 0 Å². The molecule has 0 unspecified atom stereocenters. The Bertz CT molecular complexity index is 1190.